The maximum Gasteiger partial charge on any atom is 0.304 e. The molecule has 8 nitrogen and oxygen atoms in total. The van der Waals surface area contributed by atoms with Gasteiger partial charge in [0.1, 0.15) is 0 Å². The Bertz CT molecular complexity index is 1100. The minimum Gasteiger partial charge on any atom is -0.493 e. The molecular formula is C24H27N5O3. The second-order valence-electron chi connectivity index (χ2n) is 7.80. The summed E-state index contributed by atoms with van der Waals surface area (Å²) in [4.78, 5) is 19.4. The van der Waals surface area contributed by atoms with Crippen molar-refractivity contribution in [3.05, 3.63) is 60.2 Å². The summed E-state index contributed by atoms with van der Waals surface area (Å²) in [5.74, 6) is -0.575. The van der Waals surface area contributed by atoms with Gasteiger partial charge in [-0.25, -0.2) is 0 Å². The molecule has 0 aliphatic carbocycles. The Morgan fingerprint density at radius 1 is 1.00 bits per heavy atom. The molecule has 1 aliphatic rings. The number of rotatable bonds is 7. The van der Waals surface area contributed by atoms with E-state index >= 15 is 0 Å². The van der Waals surface area contributed by atoms with Crippen molar-refractivity contribution in [2.24, 2.45) is 15.4 Å². The van der Waals surface area contributed by atoms with E-state index in [4.69, 9.17) is 4.84 Å². The van der Waals surface area contributed by atoms with Crippen LogP contribution in [0.15, 0.2) is 70.0 Å². The number of benzene rings is 2. The normalized spacial score (nSPS) is 15.5. The standard InChI is InChI=1S/C24H27N5O3/c30-22(17-32-25-16-19-10-4-3-5-11-19)26-27-23-20-12-6-7-13-21(20)29(24(23)31)18-28-14-8-1-2-9-15-28/h3-7,10-13,16,31H,1-2,8-9,14-15,17-18H2. The van der Waals surface area contributed by atoms with Gasteiger partial charge in [0.05, 0.1) is 18.4 Å². The van der Waals surface area contributed by atoms with Crippen LogP contribution in [0, 0.1) is 0 Å². The van der Waals surface area contributed by atoms with Crippen LogP contribution in [0.5, 0.6) is 5.88 Å². The molecule has 166 valence electrons. The second-order valence-corrected chi connectivity index (χ2v) is 7.80. The minimum absolute atomic E-state index is 0.00927. The number of carbonyl (C=O) groups excluding carboxylic acids is 1. The van der Waals surface area contributed by atoms with Gasteiger partial charge in [-0.2, -0.15) is 0 Å². The summed E-state index contributed by atoms with van der Waals surface area (Å²) in [7, 11) is 0. The summed E-state index contributed by atoms with van der Waals surface area (Å²) < 4.78 is 1.83. The Morgan fingerprint density at radius 3 is 2.50 bits per heavy atom. The van der Waals surface area contributed by atoms with E-state index in [1.807, 2.05) is 59.2 Å². The lowest BCUT2D eigenvalue weighted by molar-refractivity contribution is -0.122. The molecule has 0 spiro atoms. The highest BCUT2D eigenvalue weighted by Crippen LogP contribution is 2.39. The first kappa shape index (κ1) is 21.7. The SMILES string of the molecule is O=C(CON=Cc1ccccc1)N=Nc1c(O)n(CN2CCCCCC2)c2ccccc12. The van der Waals surface area contributed by atoms with Crippen molar-refractivity contribution in [1.29, 1.82) is 0 Å². The Morgan fingerprint density at radius 2 is 1.72 bits per heavy atom. The molecular weight excluding hydrogens is 406 g/mol. The number of azo groups is 1. The number of aromatic nitrogens is 1. The zero-order valence-corrected chi connectivity index (χ0v) is 17.9. The van der Waals surface area contributed by atoms with E-state index < -0.39 is 5.91 Å². The van der Waals surface area contributed by atoms with Gasteiger partial charge in [-0.3, -0.25) is 14.3 Å². The molecule has 4 rings (SSSR count). The number of hydrogen-bond donors (Lipinski definition) is 1. The lowest BCUT2D eigenvalue weighted by Crippen LogP contribution is -2.27. The van der Waals surface area contributed by atoms with Gasteiger partial charge in [0, 0.05) is 5.39 Å². The largest absolute Gasteiger partial charge is 0.493 e. The fourth-order valence-electron chi connectivity index (χ4n) is 3.86. The van der Waals surface area contributed by atoms with Crippen LogP contribution < -0.4 is 0 Å². The lowest BCUT2D eigenvalue weighted by Gasteiger charge is -2.21. The number of fused-ring (bicyclic) bond motifs is 1. The third-order valence-corrected chi connectivity index (χ3v) is 5.48. The third-order valence-electron chi connectivity index (χ3n) is 5.48. The van der Waals surface area contributed by atoms with Gasteiger partial charge in [-0.05, 0) is 37.6 Å². The number of carbonyl (C=O) groups is 1. The third kappa shape index (κ3) is 5.39. The number of nitrogens with zero attached hydrogens (tertiary/aromatic N) is 5. The van der Waals surface area contributed by atoms with E-state index in [1.165, 1.54) is 19.1 Å². The average molecular weight is 434 g/mol. The lowest BCUT2D eigenvalue weighted by atomic mass is 10.2. The van der Waals surface area contributed by atoms with Crippen LogP contribution in [-0.2, 0) is 16.3 Å². The fourth-order valence-corrected chi connectivity index (χ4v) is 3.86. The highest BCUT2D eigenvalue weighted by atomic mass is 16.6. The number of oxime groups is 1. The number of likely N-dealkylation sites (tertiary alicyclic amines) is 1. The van der Waals surface area contributed by atoms with Gasteiger partial charge >= 0.3 is 5.91 Å². The second kappa shape index (κ2) is 10.7. The molecule has 1 saturated heterocycles. The molecule has 8 heteroatoms. The highest BCUT2D eigenvalue weighted by molar-refractivity contribution is 5.95. The molecule has 2 aromatic carbocycles. The Hall–Kier alpha value is -3.52. The molecule has 2 heterocycles. The summed E-state index contributed by atoms with van der Waals surface area (Å²) in [5, 5.41) is 23.2. The van der Waals surface area contributed by atoms with Crippen molar-refractivity contribution in [2.75, 3.05) is 19.7 Å². The minimum atomic E-state index is -0.584. The molecule has 0 saturated carbocycles. The molecule has 0 radical (unpaired) electrons. The van der Waals surface area contributed by atoms with Gasteiger partial charge < -0.3 is 9.94 Å². The number of para-hydroxylation sites is 1. The number of amides is 1. The predicted octanol–water partition coefficient (Wildman–Crippen LogP) is 4.84. The maximum absolute atomic E-state index is 12.1. The van der Waals surface area contributed by atoms with E-state index in [9.17, 15) is 9.90 Å². The van der Waals surface area contributed by atoms with Crippen LogP contribution in [0.25, 0.3) is 10.9 Å². The number of hydrogen-bond acceptors (Lipinski definition) is 6. The van der Waals surface area contributed by atoms with Gasteiger partial charge in [0.25, 0.3) is 0 Å². The van der Waals surface area contributed by atoms with Crippen LogP contribution in [-0.4, -0.2) is 46.4 Å². The molecule has 0 bridgehead atoms. The molecule has 3 aromatic rings. The Labute approximate surface area is 186 Å². The summed E-state index contributed by atoms with van der Waals surface area (Å²) in [6.45, 7) is 2.25. The molecule has 1 amide bonds. The van der Waals surface area contributed by atoms with Gasteiger partial charge in [-0.1, -0.05) is 66.5 Å². The summed E-state index contributed by atoms with van der Waals surface area (Å²) >= 11 is 0. The zero-order valence-electron chi connectivity index (χ0n) is 17.9. The molecule has 32 heavy (non-hydrogen) atoms. The van der Waals surface area contributed by atoms with Crippen molar-refractivity contribution in [2.45, 2.75) is 32.4 Å². The monoisotopic (exact) mass is 433 g/mol. The van der Waals surface area contributed by atoms with Crippen LogP contribution in [0.4, 0.5) is 5.69 Å². The number of aromatic hydroxyl groups is 1. The van der Waals surface area contributed by atoms with Crippen LogP contribution in [0.1, 0.15) is 31.2 Å². The van der Waals surface area contributed by atoms with Crippen molar-refractivity contribution < 1.29 is 14.7 Å². The van der Waals surface area contributed by atoms with Gasteiger partial charge in [-0.15, -0.1) is 10.2 Å². The van der Waals surface area contributed by atoms with E-state index in [-0.39, 0.29) is 18.2 Å². The first-order valence-corrected chi connectivity index (χ1v) is 10.9. The highest BCUT2D eigenvalue weighted by Gasteiger charge is 2.19. The smallest absolute Gasteiger partial charge is 0.304 e. The molecule has 0 unspecified atom stereocenters. The van der Waals surface area contributed by atoms with E-state index in [0.29, 0.717) is 6.67 Å². The first-order chi connectivity index (χ1) is 15.7. The van der Waals surface area contributed by atoms with E-state index in [2.05, 4.69) is 20.3 Å². The Balaban J connectivity index is 1.45. The molecule has 1 aromatic heterocycles. The van der Waals surface area contributed by atoms with E-state index in [0.717, 1.165) is 42.4 Å². The van der Waals surface area contributed by atoms with Crippen molar-refractivity contribution in [1.82, 2.24) is 9.47 Å². The predicted molar refractivity (Wildman–Crippen MR) is 123 cm³/mol. The van der Waals surface area contributed by atoms with Crippen molar-refractivity contribution in [3.63, 3.8) is 0 Å². The van der Waals surface area contributed by atoms with Crippen LogP contribution in [0.2, 0.25) is 0 Å². The quantitative estimate of drug-likeness (QED) is 0.328. The summed E-state index contributed by atoms with van der Waals surface area (Å²) in [6, 6.07) is 17.0. The van der Waals surface area contributed by atoms with Gasteiger partial charge in [0.15, 0.2) is 12.3 Å². The van der Waals surface area contributed by atoms with Crippen molar-refractivity contribution in [3.8, 4) is 5.88 Å². The average Bonchev–Trinajstić information content (AvgIpc) is 2.97. The van der Waals surface area contributed by atoms with E-state index in [1.54, 1.807) is 0 Å². The van der Waals surface area contributed by atoms with Crippen LogP contribution >= 0.6 is 0 Å². The van der Waals surface area contributed by atoms with Crippen molar-refractivity contribution >= 4 is 28.7 Å². The maximum atomic E-state index is 12.1. The summed E-state index contributed by atoms with van der Waals surface area (Å²) in [6.07, 6.45) is 6.33. The molecule has 1 N–H and O–H groups in total. The molecule has 0 atom stereocenters. The molecule has 1 fully saturated rings. The zero-order chi connectivity index (χ0) is 22.2. The van der Waals surface area contributed by atoms with Crippen LogP contribution in [0.3, 0.4) is 0 Å². The molecule has 1 aliphatic heterocycles. The van der Waals surface area contributed by atoms with Gasteiger partial charge in [0.2, 0.25) is 5.88 Å². The first-order valence-electron chi connectivity index (χ1n) is 10.9. The Kier molecular flexibility index (Phi) is 7.24. The topological polar surface area (TPSA) is 91.8 Å². The fraction of sp³-hybridized carbons (Fsp3) is 0.333. The summed E-state index contributed by atoms with van der Waals surface area (Å²) in [5.41, 5.74) is 2.01.